The van der Waals surface area contributed by atoms with E-state index in [0.29, 0.717) is 10.6 Å². The van der Waals surface area contributed by atoms with Crippen molar-refractivity contribution in [1.82, 2.24) is 5.32 Å². The summed E-state index contributed by atoms with van der Waals surface area (Å²) in [6.45, 7) is 3.99. The fourth-order valence-corrected chi connectivity index (χ4v) is 5.44. The van der Waals surface area contributed by atoms with Gasteiger partial charge in [0, 0.05) is 27.0 Å². The van der Waals surface area contributed by atoms with Gasteiger partial charge in [0.25, 0.3) is 0 Å². The van der Waals surface area contributed by atoms with Gasteiger partial charge in [-0.05, 0) is 54.3 Å². The van der Waals surface area contributed by atoms with Crippen LogP contribution >= 0.6 is 43.6 Å². The second kappa shape index (κ2) is 10.5. The van der Waals surface area contributed by atoms with Gasteiger partial charge in [0.05, 0.1) is 22.4 Å². The first-order chi connectivity index (χ1) is 14.8. The van der Waals surface area contributed by atoms with E-state index in [2.05, 4.69) is 48.6 Å². The van der Waals surface area contributed by atoms with Gasteiger partial charge in [-0.2, -0.15) is 5.26 Å². The Labute approximate surface area is 202 Å². The van der Waals surface area contributed by atoms with Crippen molar-refractivity contribution >= 4 is 61.1 Å². The lowest BCUT2D eigenvalue weighted by Crippen LogP contribution is -2.31. The van der Waals surface area contributed by atoms with Gasteiger partial charge in [-0.3, -0.25) is 9.59 Å². The lowest BCUT2D eigenvalue weighted by atomic mass is 9.87. The zero-order valence-corrected chi connectivity index (χ0v) is 21.1. The van der Waals surface area contributed by atoms with Gasteiger partial charge in [0.1, 0.15) is 0 Å². The minimum Gasteiger partial charge on any atom is -0.325 e. The number of hydrogen-bond donors (Lipinski definition) is 2. The number of nitriles is 1. The molecular formula is C23H21Br2N3O2S. The average Bonchev–Trinajstić information content (AvgIpc) is 2.73. The van der Waals surface area contributed by atoms with Gasteiger partial charge < -0.3 is 10.6 Å². The Balaban J connectivity index is 1.79. The highest BCUT2D eigenvalue weighted by Gasteiger charge is 2.30. The van der Waals surface area contributed by atoms with Gasteiger partial charge in [-0.1, -0.05) is 62.7 Å². The maximum Gasteiger partial charge on any atom is 0.234 e. The van der Waals surface area contributed by atoms with Crippen LogP contribution in [0.15, 0.2) is 55.9 Å². The highest BCUT2D eigenvalue weighted by Crippen LogP contribution is 2.36. The molecule has 2 amide bonds. The predicted octanol–water partition coefficient (Wildman–Crippen LogP) is 5.79. The molecule has 0 bridgehead atoms. The first-order valence-corrected chi connectivity index (χ1v) is 12.3. The van der Waals surface area contributed by atoms with Crippen LogP contribution in [-0.2, 0) is 16.0 Å². The Hall–Kier alpha value is -2.08. The maximum absolute atomic E-state index is 12.7. The molecular weight excluding hydrogens is 542 g/mol. The number of nitrogens with one attached hydrogen (secondary N) is 2. The van der Waals surface area contributed by atoms with E-state index in [4.69, 9.17) is 0 Å². The molecule has 1 aliphatic rings. The summed E-state index contributed by atoms with van der Waals surface area (Å²) in [5.41, 5.74) is 4.20. The van der Waals surface area contributed by atoms with E-state index in [1.54, 1.807) is 0 Å². The number of carbonyl (C=O) groups excluding carboxylic acids is 2. The second-order valence-corrected chi connectivity index (χ2v) is 9.98. The van der Waals surface area contributed by atoms with Crippen molar-refractivity contribution in [1.29, 1.82) is 5.26 Å². The molecule has 8 heteroatoms. The van der Waals surface area contributed by atoms with Crippen LogP contribution in [0.25, 0.3) is 0 Å². The number of carbonyl (C=O) groups is 2. The van der Waals surface area contributed by atoms with Crippen LogP contribution in [0.3, 0.4) is 0 Å². The summed E-state index contributed by atoms with van der Waals surface area (Å²) in [6, 6.07) is 13.8. The Morgan fingerprint density at radius 1 is 1.29 bits per heavy atom. The number of allylic oxidation sites excluding steroid dienone is 1. The number of aryl methyl sites for hydroxylation is 2. The topological polar surface area (TPSA) is 82.0 Å². The summed E-state index contributed by atoms with van der Waals surface area (Å²) in [5.74, 6) is -0.593. The summed E-state index contributed by atoms with van der Waals surface area (Å²) in [5, 5.41) is 16.0. The van der Waals surface area contributed by atoms with Crippen LogP contribution in [0, 0.1) is 18.3 Å². The number of rotatable bonds is 6. The average molecular weight is 563 g/mol. The highest BCUT2D eigenvalue weighted by molar-refractivity contribution is 9.10. The zero-order chi connectivity index (χ0) is 22.5. The normalized spacial score (nSPS) is 16.0. The van der Waals surface area contributed by atoms with Crippen LogP contribution in [0.4, 0.5) is 5.69 Å². The molecule has 0 aliphatic carbocycles. The Kier molecular flexibility index (Phi) is 7.98. The van der Waals surface area contributed by atoms with Crippen LogP contribution in [0.2, 0.25) is 0 Å². The van der Waals surface area contributed by atoms with Crippen molar-refractivity contribution in [2.24, 2.45) is 0 Å². The third-order valence-electron chi connectivity index (χ3n) is 4.98. The Morgan fingerprint density at radius 2 is 2.06 bits per heavy atom. The van der Waals surface area contributed by atoms with Crippen LogP contribution in [-0.4, -0.2) is 17.6 Å². The summed E-state index contributed by atoms with van der Waals surface area (Å²) in [7, 11) is 0. The molecule has 0 saturated carbocycles. The molecule has 5 nitrogen and oxygen atoms in total. The smallest absolute Gasteiger partial charge is 0.234 e. The first-order valence-electron chi connectivity index (χ1n) is 9.73. The van der Waals surface area contributed by atoms with E-state index in [-0.39, 0.29) is 29.9 Å². The van der Waals surface area contributed by atoms with E-state index in [9.17, 15) is 14.9 Å². The third kappa shape index (κ3) is 5.79. The Bertz CT molecular complexity index is 1110. The summed E-state index contributed by atoms with van der Waals surface area (Å²) >= 11 is 8.11. The van der Waals surface area contributed by atoms with Crippen molar-refractivity contribution in [3.8, 4) is 6.07 Å². The summed E-state index contributed by atoms with van der Waals surface area (Å²) < 4.78 is 1.86. The number of benzene rings is 2. The van der Waals surface area contributed by atoms with E-state index in [0.717, 1.165) is 37.7 Å². The lowest BCUT2D eigenvalue weighted by molar-refractivity contribution is -0.121. The van der Waals surface area contributed by atoms with E-state index in [1.165, 1.54) is 11.8 Å². The molecule has 1 aliphatic heterocycles. The van der Waals surface area contributed by atoms with Gasteiger partial charge in [-0.25, -0.2) is 0 Å². The number of nitrogens with zero attached hydrogens (tertiary/aromatic N) is 1. The summed E-state index contributed by atoms with van der Waals surface area (Å²) in [4.78, 5) is 25.0. The standard InChI is InChI=1S/C23H21Br2N3O2S/c1-3-14-8-17(25)7-13(2)22(14)27-21(30)12-31-23-19(11-26)18(10-20(29)28-23)15-5-4-6-16(24)9-15/h4-9,18H,3,10,12H2,1-2H3,(H,27,30)(H,28,29)/t18-/m1/s1. The van der Waals surface area contributed by atoms with Gasteiger partial charge in [-0.15, -0.1) is 0 Å². The van der Waals surface area contributed by atoms with Gasteiger partial charge >= 0.3 is 0 Å². The number of hydrogen-bond acceptors (Lipinski definition) is 4. The SMILES string of the molecule is CCc1cc(Br)cc(C)c1NC(=O)CSC1=C(C#N)[C@@H](c2cccc(Br)c2)CC(=O)N1. The second-order valence-electron chi connectivity index (χ2n) is 7.16. The lowest BCUT2D eigenvalue weighted by Gasteiger charge is -2.25. The van der Waals surface area contributed by atoms with E-state index in [1.807, 2.05) is 50.2 Å². The van der Waals surface area contributed by atoms with Crippen LogP contribution in [0.1, 0.15) is 36.0 Å². The molecule has 1 atom stereocenters. The largest absolute Gasteiger partial charge is 0.325 e. The predicted molar refractivity (Wildman–Crippen MR) is 132 cm³/mol. The third-order valence-corrected chi connectivity index (χ3v) is 6.95. The molecule has 0 spiro atoms. The molecule has 0 fully saturated rings. The molecule has 31 heavy (non-hydrogen) atoms. The summed E-state index contributed by atoms with van der Waals surface area (Å²) in [6.07, 6.45) is 0.991. The number of anilines is 1. The molecule has 0 radical (unpaired) electrons. The fraction of sp³-hybridized carbons (Fsp3) is 0.261. The Morgan fingerprint density at radius 3 is 2.74 bits per heavy atom. The molecule has 1 heterocycles. The number of amides is 2. The first kappa shape index (κ1) is 23.6. The molecule has 2 aromatic carbocycles. The molecule has 3 rings (SSSR count). The van der Waals surface area contributed by atoms with Crippen molar-refractivity contribution in [2.75, 3.05) is 11.1 Å². The molecule has 0 saturated heterocycles. The van der Waals surface area contributed by atoms with Gasteiger partial charge in [0.2, 0.25) is 11.8 Å². The molecule has 2 aromatic rings. The van der Waals surface area contributed by atoms with Gasteiger partial charge in [0.15, 0.2) is 0 Å². The zero-order valence-electron chi connectivity index (χ0n) is 17.1. The van der Waals surface area contributed by atoms with Crippen molar-refractivity contribution < 1.29 is 9.59 Å². The molecule has 0 unspecified atom stereocenters. The number of thioether (sulfide) groups is 1. The quantitative estimate of drug-likeness (QED) is 0.466. The number of halogens is 2. The molecule has 0 aromatic heterocycles. The maximum atomic E-state index is 12.7. The van der Waals surface area contributed by atoms with Crippen molar-refractivity contribution in [3.05, 3.63) is 72.6 Å². The van der Waals surface area contributed by atoms with Crippen molar-refractivity contribution in [3.63, 3.8) is 0 Å². The van der Waals surface area contributed by atoms with E-state index < -0.39 is 0 Å². The van der Waals surface area contributed by atoms with E-state index >= 15 is 0 Å². The highest BCUT2D eigenvalue weighted by atomic mass is 79.9. The van der Waals surface area contributed by atoms with Crippen molar-refractivity contribution in [2.45, 2.75) is 32.6 Å². The van der Waals surface area contributed by atoms with Crippen LogP contribution < -0.4 is 10.6 Å². The minimum absolute atomic E-state index is 0.0880. The molecule has 160 valence electrons. The molecule has 2 N–H and O–H groups in total. The fourth-order valence-electron chi connectivity index (χ4n) is 3.52. The minimum atomic E-state index is -0.331. The monoisotopic (exact) mass is 561 g/mol. The van der Waals surface area contributed by atoms with Crippen LogP contribution in [0.5, 0.6) is 0 Å².